The van der Waals surface area contributed by atoms with Gasteiger partial charge in [-0.1, -0.05) is 158 Å². The van der Waals surface area contributed by atoms with Crippen LogP contribution in [0.1, 0.15) is 30.5 Å². The van der Waals surface area contributed by atoms with Crippen molar-refractivity contribution in [2.24, 2.45) is 4.99 Å². The molecule has 1 nitrogen and oxygen atoms in total. The number of nitrogens with zero attached hydrogens (tertiary/aromatic N) is 1. The van der Waals surface area contributed by atoms with E-state index >= 15 is 0 Å². The number of aliphatic imine (C=N–C) groups is 1. The van der Waals surface area contributed by atoms with Gasteiger partial charge in [0, 0.05) is 57.0 Å². The van der Waals surface area contributed by atoms with Crippen LogP contribution in [0.25, 0.3) is 95.1 Å². The first-order valence-corrected chi connectivity index (χ1v) is 21.4. The summed E-state index contributed by atoms with van der Waals surface area (Å²) in [6, 6.07) is 63.9. The highest BCUT2D eigenvalue weighted by molar-refractivity contribution is 7.27. The largest absolute Gasteiger partial charge is 0.248 e. The molecule has 58 heavy (non-hydrogen) atoms. The monoisotopic (exact) mass is 775 g/mol. The third kappa shape index (κ3) is 5.46. The molecule has 9 aromatic carbocycles. The van der Waals surface area contributed by atoms with Crippen LogP contribution in [0, 0.1) is 0 Å². The van der Waals surface area contributed by atoms with E-state index in [1.54, 1.807) is 0 Å². The molecule has 3 heteroatoms. The standard InChI is InChI=1S/C55H37NS2/c1-33(38-23-14-28-50-52(38)53-45(24-15-29-51(53)57-50)47-26-13-25-46-44-22-11-12-27-49(44)58-55(46)47)34(2)54(36-16-5-4-6-17-36)56-35(3)37-30-31-43-41-20-8-7-18-39(41)40-19-9-10-21-42(40)48(43)32-37/h4-32H,3H2,1-2H3/b34-33+,56-54?. The maximum atomic E-state index is 5.43. The van der Waals surface area contributed by atoms with Crippen molar-refractivity contribution in [2.45, 2.75) is 13.8 Å². The molecule has 2 aromatic heterocycles. The van der Waals surface area contributed by atoms with Gasteiger partial charge in [-0.05, 0) is 92.7 Å². The highest BCUT2D eigenvalue weighted by Crippen LogP contribution is 2.47. The molecule has 0 N–H and O–H groups in total. The molecule has 0 atom stereocenters. The molecule has 274 valence electrons. The number of hydrogen-bond donors (Lipinski definition) is 0. The molecule has 0 aliphatic carbocycles. The summed E-state index contributed by atoms with van der Waals surface area (Å²) in [5, 5.41) is 12.7. The Balaban J connectivity index is 1.09. The Morgan fingerprint density at radius 1 is 0.431 bits per heavy atom. The summed E-state index contributed by atoms with van der Waals surface area (Å²) in [7, 11) is 0. The molecule has 11 aromatic rings. The first-order chi connectivity index (χ1) is 28.5. The van der Waals surface area contributed by atoms with Crippen LogP contribution in [-0.2, 0) is 0 Å². The van der Waals surface area contributed by atoms with Gasteiger partial charge in [0.05, 0.1) is 11.4 Å². The molecule has 0 aliphatic heterocycles. The maximum absolute atomic E-state index is 5.43. The lowest BCUT2D eigenvalue weighted by molar-refractivity contribution is 1.44. The molecular formula is C55H37NS2. The number of thiophene rings is 2. The average Bonchev–Trinajstić information content (AvgIpc) is 3.87. The Bertz CT molecular complexity index is 3510. The maximum Gasteiger partial charge on any atom is 0.0741 e. The normalized spacial score (nSPS) is 12.8. The Morgan fingerprint density at radius 2 is 0.983 bits per heavy atom. The zero-order chi connectivity index (χ0) is 38.9. The zero-order valence-corrected chi connectivity index (χ0v) is 33.8. The van der Waals surface area contributed by atoms with Gasteiger partial charge in [-0.25, -0.2) is 4.99 Å². The summed E-state index contributed by atoms with van der Waals surface area (Å²) >= 11 is 3.77. The summed E-state index contributed by atoms with van der Waals surface area (Å²) in [5.41, 5.74) is 9.87. The summed E-state index contributed by atoms with van der Waals surface area (Å²) in [4.78, 5) is 5.43. The lowest BCUT2D eigenvalue weighted by Crippen LogP contribution is -2.05. The molecule has 0 saturated carbocycles. The molecule has 2 heterocycles. The second-order valence-electron chi connectivity index (χ2n) is 15.1. The van der Waals surface area contributed by atoms with Gasteiger partial charge in [0.1, 0.15) is 0 Å². The summed E-state index contributed by atoms with van der Waals surface area (Å²) in [6.07, 6.45) is 0. The number of fused-ring (bicyclic) bond motifs is 12. The van der Waals surface area contributed by atoms with E-state index in [1.807, 2.05) is 22.7 Å². The minimum absolute atomic E-state index is 0.739. The van der Waals surface area contributed by atoms with E-state index in [1.165, 1.54) is 94.9 Å². The fraction of sp³-hybridized carbons (Fsp3) is 0.0364. The van der Waals surface area contributed by atoms with Gasteiger partial charge >= 0.3 is 0 Å². The smallest absolute Gasteiger partial charge is 0.0741 e. The Labute approximate surface area is 345 Å². The highest BCUT2D eigenvalue weighted by atomic mass is 32.1. The van der Waals surface area contributed by atoms with Crippen molar-refractivity contribution in [3.63, 3.8) is 0 Å². The number of rotatable bonds is 6. The molecular weight excluding hydrogens is 739 g/mol. The Morgan fingerprint density at radius 3 is 1.72 bits per heavy atom. The van der Waals surface area contributed by atoms with E-state index in [-0.39, 0.29) is 0 Å². The van der Waals surface area contributed by atoms with Gasteiger partial charge in [0.15, 0.2) is 0 Å². The van der Waals surface area contributed by atoms with Crippen molar-refractivity contribution < 1.29 is 0 Å². The molecule has 11 rings (SSSR count). The molecule has 0 fully saturated rings. The van der Waals surface area contributed by atoms with Crippen LogP contribution in [0.2, 0.25) is 0 Å². The lowest BCUT2D eigenvalue weighted by atomic mass is 9.90. The van der Waals surface area contributed by atoms with Gasteiger partial charge in [0.25, 0.3) is 0 Å². The zero-order valence-electron chi connectivity index (χ0n) is 32.2. The molecule has 0 unspecified atom stereocenters. The first kappa shape index (κ1) is 34.6. The molecule has 0 aliphatic rings. The number of hydrogen-bond acceptors (Lipinski definition) is 3. The summed E-state index contributed by atoms with van der Waals surface area (Å²) in [5.74, 6) is 0. The average molecular weight is 776 g/mol. The van der Waals surface area contributed by atoms with Crippen LogP contribution >= 0.6 is 22.7 Å². The van der Waals surface area contributed by atoms with E-state index < -0.39 is 0 Å². The van der Waals surface area contributed by atoms with E-state index in [2.05, 4.69) is 196 Å². The number of benzene rings is 9. The van der Waals surface area contributed by atoms with Crippen molar-refractivity contribution in [1.29, 1.82) is 0 Å². The SMILES string of the molecule is C=C(N=C(/C(C)=C(\C)c1cccc2sc3cccc(-c4cccc5c4sc4ccccc45)c3c12)c1ccccc1)c1ccc2c3ccccc3c3ccccc3c2c1. The van der Waals surface area contributed by atoms with E-state index in [4.69, 9.17) is 4.99 Å². The second-order valence-corrected chi connectivity index (χ2v) is 17.3. The summed E-state index contributed by atoms with van der Waals surface area (Å²) < 4.78 is 5.24. The molecule has 0 bridgehead atoms. The van der Waals surface area contributed by atoms with Gasteiger partial charge < -0.3 is 0 Å². The van der Waals surface area contributed by atoms with Crippen LogP contribution in [-0.4, -0.2) is 5.71 Å². The first-order valence-electron chi connectivity index (χ1n) is 19.7. The third-order valence-electron chi connectivity index (χ3n) is 11.9. The topological polar surface area (TPSA) is 12.4 Å². The van der Waals surface area contributed by atoms with Crippen molar-refractivity contribution in [3.8, 4) is 11.1 Å². The fourth-order valence-corrected chi connectivity index (χ4v) is 11.4. The molecule has 0 radical (unpaired) electrons. The highest BCUT2D eigenvalue weighted by Gasteiger charge is 2.20. The van der Waals surface area contributed by atoms with E-state index in [0.717, 1.165) is 28.1 Å². The van der Waals surface area contributed by atoms with Crippen LogP contribution < -0.4 is 0 Å². The minimum atomic E-state index is 0.739. The summed E-state index contributed by atoms with van der Waals surface area (Å²) in [6.45, 7) is 9.10. The van der Waals surface area contributed by atoms with Crippen molar-refractivity contribution in [2.75, 3.05) is 0 Å². The predicted octanol–water partition coefficient (Wildman–Crippen LogP) is 16.5. The van der Waals surface area contributed by atoms with Crippen LogP contribution in [0.3, 0.4) is 0 Å². The number of allylic oxidation sites excluding steroid dienone is 2. The van der Waals surface area contributed by atoms with Gasteiger partial charge in [-0.15, -0.1) is 22.7 Å². The molecule has 0 amide bonds. The fourth-order valence-electron chi connectivity index (χ4n) is 8.99. The van der Waals surface area contributed by atoms with E-state index in [9.17, 15) is 0 Å². The van der Waals surface area contributed by atoms with Crippen LogP contribution in [0.4, 0.5) is 0 Å². The third-order valence-corrected chi connectivity index (χ3v) is 14.3. The van der Waals surface area contributed by atoms with Crippen LogP contribution in [0.5, 0.6) is 0 Å². The quantitative estimate of drug-likeness (QED) is 0.118. The van der Waals surface area contributed by atoms with Crippen molar-refractivity contribution in [1.82, 2.24) is 0 Å². The van der Waals surface area contributed by atoms with Crippen molar-refractivity contribution >= 4 is 112 Å². The van der Waals surface area contributed by atoms with Crippen molar-refractivity contribution in [3.05, 3.63) is 205 Å². The molecule has 0 saturated heterocycles. The second kappa shape index (κ2) is 13.8. The van der Waals surface area contributed by atoms with Gasteiger partial charge in [-0.2, -0.15) is 0 Å². The van der Waals surface area contributed by atoms with Crippen LogP contribution in [0.15, 0.2) is 193 Å². The lowest BCUT2D eigenvalue weighted by Gasteiger charge is -2.16. The van der Waals surface area contributed by atoms with Gasteiger partial charge in [-0.3, -0.25) is 0 Å². The van der Waals surface area contributed by atoms with Gasteiger partial charge in [0.2, 0.25) is 0 Å². The Kier molecular flexibility index (Phi) is 8.21. The predicted molar refractivity (Wildman–Crippen MR) is 257 cm³/mol. The van der Waals surface area contributed by atoms with E-state index in [0.29, 0.717) is 0 Å². The Hall–Kier alpha value is -6.65. The molecule has 0 spiro atoms. The minimum Gasteiger partial charge on any atom is -0.248 e.